The highest BCUT2D eigenvalue weighted by Crippen LogP contribution is 2.32. The van der Waals surface area contributed by atoms with E-state index in [1.807, 2.05) is 19.1 Å². The van der Waals surface area contributed by atoms with Crippen LogP contribution >= 0.6 is 11.3 Å². The molecular weight excluding hydrogens is 520 g/mol. The number of thiazole rings is 1. The third kappa shape index (κ3) is 5.96. The first-order valence-corrected chi connectivity index (χ1v) is 13.3. The smallest absolute Gasteiger partial charge is 0.338 e. The zero-order valence-corrected chi connectivity index (χ0v) is 23.5. The van der Waals surface area contributed by atoms with Gasteiger partial charge in [-0.1, -0.05) is 29.5 Å². The Morgan fingerprint density at radius 2 is 1.85 bits per heavy atom. The molecule has 0 N–H and O–H groups in total. The van der Waals surface area contributed by atoms with Gasteiger partial charge in [-0.2, -0.15) is 0 Å². The minimum atomic E-state index is -0.731. The van der Waals surface area contributed by atoms with Gasteiger partial charge in [0, 0.05) is 6.92 Å². The Bertz CT molecular complexity index is 1610. The first-order chi connectivity index (χ1) is 18.6. The number of benzene rings is 2. The molecule has 0 bridgehead atoms. The number of nitrogens with zero attached hydrogens (tertiary/aromatic N) is 2. The number of esters is 2. The van der Waals surface area contributed by atoms with Crippen molar-refractivity contribution < 1.29 is 28.5 Å². The fourth-order valence-corrected chi connectivity index (χ4v) is 5.28. The average Bonchev–Trinajstić information content (AvgIpc) is 3.18. The molecule has 3 aromatic rings. The second-order valence-electron chi connectivity index (χ2n) is 9.04. The molecule has 0 fully saturated rings. The molecule has 10 heteroatoms. The Hall–Kier alpha value is -4.18. The van der Waals surface area contributed by atoms with Crippen LogP contribution < -0.4 is 29.1 Å². The molecule has 0 saturated heterocycles. The van der Waals surface area contributed by atoms with E-state index in [-0.39, 0.29) is 11.7 Å². The quantitative estimate of drug-likeness (QED) is 0.312. The summed E-state index contributed by atoms with van der Waals surface area (Å²) in [5.41, 5.74) is 1.88. The summed E-state index contributed by atoms with van der Waals surface area (Å²) in [5.74, 6) is 0.355. The van der Waals surface area contributed by atoms with Crippen molar-refractivity contribution in [2.24, 2.45) is 4.99 Å². The van der Waals surface area contributed by atoms with Crippen molar-refractivity contribution in [1.29, 1.82) is 0 Å². The molecule has 39 heavy (non-hydrogen) atoms. The Kier molecular flexibility index (Phi) is 8.35. The van der Waals surface area contributed by atoms with Gasteiger partial charge >= 0.3 is 11.9 Å². The third-order valence-corrected chi connectivity index (χ3v) is 6.82. The van der Waals surface area contributed by atoms with E-state index in [0.29, 0.717) is 50.0 Å². The standard InChI is InChI=1S/C29H30N2O7S/c1-7-36-23-14-19(8-13-22(23)38-18(5)32)15-24-27(33)31-26(20-9-11-21(35-6)12-10-20)25(28(34)37-16(2)3)17(4)30-29(31)39-24/h8-16,26H,7H2,1-6H3/b24-15-/t26-/m0/s1. The summed E-state index contributed by atoms with van der Waals surface area (Å²) in [5, 5.41) is 0. The molecule has 2 heterocycles. The fraction of sp³-hybridized carbons (Fsp3) is 0.310. The number of hydrogen-bond donors (Lipinski definition) is 0. The van der Waals surface area contributed by atoms with Crippen molar-refractivity contribution in [2.45, 2.75) is 46.8 Å². The first kappa shape index (κ1) is 27.8. The molecule has 0 unspecified atom stereocenters. The van der Waals surface area contributed by atoms with Crippen LogP contribution in [0.4, 0.5) is 0 Å². The maximum absolute atomic E-state index is 13.8. The van der Waals surface area contributed by atoms with Crippen molar-refractivity contribution in [3.05, 3.63) is 84.5 Å². The summed E-state index contributed by atoms with van der Waals surface area (Å²) in [4.78, 5) is 43.6. The van der Waals surface area contributed by atoms with Crippen molar-refractivity contribution in [3.63, 3.8) is 0 Å². The maximum Gasteiger partial charge on any atom is 0.338 e. The number of hydrogen-bond acceptors (Lipinski definition) is 9. The monoisotopic (exact) mass is 550 g/mol. The Balaban J connectivity index is 1.88. The zero-order valence-electron chi connectivity index (χ0n) is 22.6. The highest BCUT2D eigenvalue weighted by molar-refractivity contribution is 7.07. The van der Waals surface area contributed by atoms with Crippen molar-refractivity contribution >= 4 is 29.4 Å². The van der Waals surface area contributed by atoms with E-state index in [4.69, 9.17) is 18.9 Å². The van der Waals surface area contributed by atoms with Gasteiger partial charge in [0.25, 0.3) is 5.56 Å². The van der Waals surface area contributed by atoms with Gasteiger partial charge in [0.05, 0.1) is 41.7 Å². The molecular formula is C29H30N2O7S. The van der Waals surface area contributed by atoms with Crippen LogP contribution in [-0.4, -0.2) is 36.3 Å². The van der Waals surface area contributed by atoms with Gasteiger partial charge in [-0.15, -0.1) is 0 Å². The number of ether oxygens (including phenoxy) is 4. The Morgan fingerprint density at radius 3 is 2.46 bits per heavy atom. The fourth-order valence-electron chi connectivity index (χ4n) is 4.24. The molecule has 204 valence electrons. The van der Waals surface area contributed by atoms with E-state index in [0.717, 1.165) is 5.56 Å². The van der Waals surface area contributed by atoms with E-state index in [1.165, 1.54) is 22.8 Å². The van der Waals surface area contributed by atoms with Gasteiger partial charge in [-0.05, 0) is 69.2 Å². The lowest BCUT2D eigenvalue weighted by molar-refractivity contribution is -0.143. The minimum Gasteiger partial charge on any atom is -0.497 e. The van der Waals surface area contributed by atoms with E-state index in [9.17, 15) is 14.4 Å². The second kappa shape index (κ2) is 11.7. The first-order valence-electron chi connectivity index (χ1n) is 12.5. The second-order valence-corrected chi connectivity index (χ2v) is 10.1. The average molecular weight is 551 g/mol. The Morgan fingerprint density at radius 1 is 1.13 bits per heavy atom. The zero-order chi connectivity index (χ0) is 28.3. The number of fused-ring (bicyclic) bond motifs is 1. The molecule has 1 aromatic heterocycles. The van der Waals surface area contributed by atoms with Gasteiger partial charge in [-0.25, -0.2) is 9.79 Å². The summed E-state index contributed by atoms with van der Waals surface area (Å²) in [6.45, 7) is 8.80. The third-order valence-electron chi connectivity index (χ3n) is 5.83. The van der Waals surface area contributed by atoms with Crippen LogP contribution in [0.3, 0.4) is 0 Å². The van der Waals surface area contributed by atoms with Crippen LogP contribution in [0, 0.1) is 0 Å². The topological polar surface area (TPSA) is 105 Å². The van der Waals surface area contributed by atoms with Crippen molar-refractivity contribution in [3.8, 4) is 17.2 Å². The highest BCUT2D eigenvalue weighted by Gasteiger charge is 2.33. The molecule has 1 aliphatic rings. The molecule has 9 nitrogen and oxygen atoms in total. The predicted molar refractivity (Wildman–Crippen MR) is 147 cm³/mol. The van der Waals surface area contributed by atoms with Gasteiger partial charge in [-0.3, -0.25) is 14.2 Å². The van der Waals surface area contributed by atoms with E-state index < -0.39 is 18.0 Å². The number of allylic oxidation sites excluding steroid dienone is 1. The number of carbonyl (C=O) groups is 2. The Labute approximate surface area is 229 Å². The summed E-state index contributed by atoms with van der Waals surface area (Å²) in [7, 11) is 1.57. The van der Waals surface area contributed by atoms with Crippen LogP contribution in [0.5, 0.6) is 17.2 Å². The molecule has 0 spiro atoms. The van der Waals surface area contributed by atoms with E-state index in [1.54, 1.807) is 64.3 Å². The number of carbonyl (C=O) groups excluding carboxylic acids is 2. The molecule has 0 radical (unpaired) electrons. The summed E-state index contributed by atoms with van der Waals surface area (Å²) in [6.07, 6.45) is 1.38. The van der Waals surface area contributed by atoms with E-state index in [2.05, 4.69) is 4.99 Å². The molecule has 0 amide bonds. The van der Waals surface area contributed by atoms with Crippen LogP contribution in [0.1, 0.15) is 51.8 Å². The number of rotatable bonds is 8. The lowest BCUT2D eigenvalue weighted by atomic mass is 9.96. The molecule has 2 aromatic carbocycles. The van der Waals surface area contributed by atoms with Gasteiger partial charge in [0.1, 0.15) is 5.75 Å². The lowest BCUT2D eigenvalue weighted by Crippen LogP contribution is -2.40. The van der Waals surface area contributed by atoms with Gasteiger partial charge < -0.3 is 18.9 Å². The summed E-state index contributed by atoms with van der Waals surface area (Å²) in [6, 6.07) is 11.5. The predicted octanol–water partition coefficient (Wildman–Crippen LogP) is 3.52. The van der Waals surface area contributed by atoms with Crippen LogP contribution in [0.2, 0.25) is 0 Å². The van der Waals surface area contributed by atoms with Crippen LogP contribution in [0.15, 0.2) is 63.5 Å². The molecule has 0 aliphatic carbocycles. The number of aromatic nitrogens is 1. The van der Waals surface area contributed by atoms with Gasteiger partial charge in [0.15, 0.2) is 16.3 Å². The summed E-state index contributed by atoms with van der Waals surface area (Å²) < 4.78 is 23.7. The van der Waals surface area contributed by atoms with Crippen molar-refractivity contribution in [1.82, 2.24) is 4.57 Å². The minimum absolute atomic E-state index is 0.298. The number of methoxy groups -OCH3 is 1. The van der Waals surface area contributed by atoms with Crippen LogP contribution in [-0.2, 0) is 14.3 Å². The lowest BCUT2D eigenvalue weighted by Gasteiger charge is -2.25. The SMILES string of the molecule is CCOc1cc(/C=c2\sc3n(c2=O)[C@@H](c2ccc(OC)cc2)C(C(=O)OC(C)C)=C(C)N=3)ccc1OC(C)=O. The molecule has 1 atom stereocenters. The molecule has 1 aliphatic heterocycles. The van der Waals surface area contributed by atoms with Gasteiger partial charge in [0.2, 0.25) is 0 Å². The summed E-state index contributed by atoms with van der Waals surface area (Å²) >= 11 is 1.22. The molecule has 0 saturated carbocycles. The highest BCUT2D eigenvalue weighted by atomic mass is 32.1. The van der Waals surface area contributed by atoms with Crippen molar-refractivity contribution in [2.75, 3.05) is 13.7 Å². The normalized spacial score (nSPS) is 15.1. The largest absolute Gasteiger partial charge is 0.497 e. The molecule has 4 rings (SSSR count). The maximum atomic E-state index is 13.8. The van der Waals surface area contributed by atoms with E-state index >= 15 is 0 Å². The van der Waals surface area contributed by atoms with Crippen LogP contribution in [0.25, 0.3) is 6.08 Å².